The van der Waals surface area contributed by atoms with E-state index in [-0.39, 0.29) is 12.5 Å². The SMILES string of the molecule is Cc1c(C#N)c(NC(=O)CNc2ccccc2)n(C2CCCC2)c1C. The third-order valence-corrected chi connectivity index (χ3v) is 5.04. The van der Waals surface area contributed by atoms with Crippen LogP contribution in [0.4, 0.5) is 11.5 Å². The Bertz CT molecular complexity index is 795. The number of rotatable bonds is 5. The van der Waals surface area contributed by atoms with Gasteiger partial charge in [0.05, 0.1) is 12.1 Å². The lowest BCUT2D eigenvalue weighted by atomic mass is 10.2. The van der Waals surface area contributed by atoms with Crippen LogP contribution in [0.3, 0.4) is 0 Å². The van der Waals surface area contributed by atoms with E-state index in [9.17, 15) is 10.1 Å². The Morgan fingerprint density at radius 1 is 1.24 bits per heavy atom. The molecule has 1 aliphatic rings. The summed E-state index contributed by atoms with van der Waals surface area (Å²) in [5.41, 5.74) is 3.52. The second-order valence-electron chi connectivity index (χ2n) is 6.62. The molecule has 0 bridgehead atoms. The molecule has 1 heterocycles. The lowest BCUT2D eigenvalue weighted by molar-refractivity contribution is -0.114. The molecule has 2 N–H and O–H groups in total. The molecule has 25 heavy (non-hydrogen) atoms. The van der Waals surface area contributed by atoms with E-state index < -0.39 is 0 Å². The van der Waals surface area contributed by atoms with E-state index in [4.69, 9.17) is 0 Å². The molecular formula is C20H24N4O. The van der Waals surface area contributed by atoms with Gasteiger partial charge in [0, 0.05) is 17.4 Å². The number of hydrogen-bond donors (Lipinski definition) is 2. The van der Waals surface area contributed by atoms with Gasteiger partial charge in [0.1, 0.15) is 11.9 Å². The molecular weight excluding hydrogens is 312 g/mol. The predicted octanol–water partition coefficient (Wildman–Crippen LogP) is 4.14. The van der Waals surface area contributed by atoms with Gasteiger partial charge in [-0.15, -0.1) is 0 Å². The number of aromatic nitrogens is 1. The van der Waals surface area contributed by atoms with Crippen LogP contribution in [0.1, 0.15) is 48.5 Å². The fourth-order valence-electron chi connectivity index (χ4n) is 3.62. The third kappa shape index (κ3) is 3.53. The predicted molar refractivity (Wildman–Crippen MR) is 99.7 cm³/mol. The topological polar surface area (TPSA) is 69.8 Å². The summed E-state index contributed by atoms with van der Waals surface area (Å²) in [6.07, 6.45) is 4.61. The van der Waals surface area contributed by atoms with Crippen molar-refractivity contribution in [3.8, 4) is 6.07 Å². The molecule has 5 heteroatoms. The molecule has 0 unspecified atom stereocenters. The van der Waals surface area contributed by atoms with E-state index in [1.165, 1.54) is 12.8 Å². The molecule has 1 aromatic heterocycles. The van der Waals surface area contributed by atoms with Crippen molar-refractivity contribution in [3.05, 3.63) is 47.2 Å². The number of anilines is 2. The lowest BCUT2D eigenvalue weighted by Crippen LogP contribution is -2.24. The fourth-order valence-corrected chi connectivity index (χ4v) is 3.62. The molecule has 0 aliphatic heterocycles. The number of para-hydroxylation sites is 1. The second-order valence-corrected chi connectivity index (χ2v) is 6.62. The average molecular weight is 336 g/mol. The first kappa shape index (κ1) is 17.1. The van der Waals surface area contributed by atoms with Crippen molar-refractivity contribution in [3.63, 3.8) is 0 Å². The first-order valence-corrected chi connectivity index (χ1v) is 8.82. The van der Waals surface area contributed by atoms with Crippen LogP contribution in [0.2, 0.25) is 0 Å². The van der Waals surface area contributed by atoms with E-state index in [1.54, 1.807) is 0 Å². The quantitative estimate of drug-likeness (QED) is 0.862. The number of carbonyl (C=O) groups excluding carboxylic acids is 1. The van der Waals surface area contributed by atoms with Crippen LogP contribution in [0.5, 0.6) is 0 Å². The molecule has 130 valence electrons. The summed E-state index contributed by atoms with van der Waals surface area (Å²) in [6.45, 7) is 4.16. The van der Waals surface area contributed by atoms with Gasteiger partial charge in [0.2, 0.25) is 5.91 Å². The van der Waals surface area contributed by atoms with E-state index >= 15 is 0 Å². The van der Waals surface area contributed by atoms with Gasteiger partial charge in [-0.25, -0.2) is 0 Å². The summed E-state index contributed by atoms with van der Waals surface area (Å²) in [4.78, 5) is 12.4. The highest BCUT2D eigenvalue weighted by atomic mass is 16.2. The largest absolute Gasteiger partial charge is 0.376 e. The van der Waals surface area contributed by atoms with Gasteiger partial charge in [0.25, 0.3) is 0 Å². The maximum absolute atomic E-state index is 12.4. The number of amides is 1. The summed E-state index contributed by atoms with van der Waals surface area (Å²) >= 11 is 0. The summed E-state index contributed by atoms with van der Waals surface area (Å²) in [7, 11) is 0. The minimum absolute atomic E-state index is 0.142. The Labute approximate surface area is 148 Å². The monoisotopic (exact) mass is 336 g/mol. The zero-order chi connectivity index (χ0) is 17.8. The molecule has 0 atom stereocenters. The van der Waals surface area contributed by atoms with Crippen molar-refractivity contribution in [1.82, 2.24) is 4.57 Å². The number of nitrogens with one attached hydrogen (secondary N) is 2. The molecule has 2 aromatic rings. The molecule has 0 radical (unpaired) electrons. The average Bonchev–Trinajstić information content (AvgIpc) is 3.22. The molecule has 1 saturated carbocycles. The van der Waals surface area contributed by atoms with Crippen molar-refractivity contribution >= 4 is 17.4 Å². The van der Waals surface area contributed by atoms with Crippen LogP contribution in [0.15, 0.2) is 30.3 Å². The highest BCUT2D eigenvalue weighted by molar-refractivity contribution is 5.94. The highest BCUT2D eigenvalue weighted by Crippen LogP contribution is 2.37. The van der Waals surface area contributed by atoms with E-state index in [0.29, 0.717) is 17.4 Å². The molecule has 1 amide bonds. The van der Waals surface area contributed by atoms with E-state index in [2.05, 4.69) is 21.3 Å². The first-order chi connectivity index (χ1) is 12.1. The fraction of sp³-hybridized carbons (Fsp3) is 0.400. The zero-order valence-corrected chi connectivity index (χ0v) is 14.8. The second kappa shape index (κ2) is 7.43. The van der Waals surface area contributed by atoms with Crippen LogP contribution >= 0.6 is 0 Å². The smallest absolute Gasteiger partial charge is 0.244 e. The lowest BCUT2D eigenvalue weighted by Gasteiger charge is -2.19. The Morgan fingerprint density at radius 2 is 1.92 bits per heavy atom. The highest BCUT2D eigenvalue weighted by Gasteiger charge is 2.26. The summed E-state index contributed by atoms with van der Waals surface area (Å²) in [5.74, 6) is 0.515. The number of hydrogen-bond acceptors (Lipinski definition) is 3. The minimum atomic E-state index is -0.142. The first-order valence-electron chi connectivity index (χ1n) is 8.82. The maximum atomic E-state index is 12.4. The Kier molecular flexibility index (Phi) is 5.08. The van der Waals surface area contributed by atoms with Crippen molar-refractivity contribution in [1.29, 1.82) is 5.26 Å². The number of nitrogens with zero attached hydrogens (tertiary/aromatic N) is 2. The summed E-state index contributed by atoms with van der Waals surface area (Å²) < 4.78 is 2.17. The van der Waals surface area contributed by atoms with Crippen molar-refractivity contribution in [2.75, 3.05) is 17.2 Å². The summed E-state index contributed by atoms with van der Waals surface area (Å²) in [6, 6.07) is 12.3. The summed E-state index contributed by atoms with van der Waals surface area (Å²) in [5, 5.41) is 15.7. The van der Waals surface area contributed by atoms with Crippen LogP contribution < -0.4 is 10.6 Å². The van der Waals surface area contributed by atoms with E-state index in [1.807, 2.05) is 44.2 Å². The van der Waals surface area contributed by atoms with Crippen LogP contribution in [0.25, 0.3) is 0 Å². The standard InChI is InChI=1S/C20H24N4O/c1-14-15(2)24(17-10-6-7-11-17)20(18(14)12-21)23-19(25)13-22-16-8-4-3-5-9-16/h3-5,8-9,17,22H,6-7,10-11,13H2,1-2H3,(H,23,25). The van der Waals surface area contributed by atoms with Gasteiger partial charge in [-0.3, -0.25) is 4.79 Å². The minimum Gasteiger partial charge on any atom is -0.376 e. The molecule has 0 spiro atoms. The van der Waals surface area contributed by atoms with Gasteiger partial charge >= 0.3 is 0 Å². The zero-order valence-electron chi connectivity index (χ0n) is 14.8. The van der Waals surface area contributed by atoms with Gasteiger partial charge in [-0.2, -0.15) is 5.26 Å². The molecule has 0 saturated heterocycles. The molecule has 3 rings (SSSR count). The van der Waals surface area contributed by atoms with Gasteiger partial charge in [0.15, 0.2) is 0 Å². The molecule has 1 fully saturated rings. The number of benzene rings is 1. The molecule has 5 nitrogen and oxygen atoms in total. The van der Waals surface area contributed by atoms with E-state index in [0.717, 1.165) is 29.8 Å². The normalized spacial score (nSPS) is 14.3. The molecule has 1 aliphatic carbocycles. The van der Waals surface area contributed by atoms with Crippen molar-refractivity contribution in [2.24, 2.45) is 0 Å². The van der Waals surface area contributed by atoms with Gasteiger partial charge < -0.3 is 15.2 Å². The van der Waals surface area contributed by atoms with Gasteiger partial charge in [-0.05, 0) is 44.4 Å². The third-order valence-electron chi connectivity index (χ3n) is 5.04. The van der Waals surface area contributed by atoms with Crippen LogP contribution in [-0.2, 0) is 4.79 Å². The Hall–Kier alpha value is -2.74. The van der Waals surface area contributed by atoms with Crippen molar-refractivity contribution < 1.29 is 4.79 Å². The number of carbonyl (C=O) groups is 1. The van der Waals surface area contributed by atoms with Gasteiger partial charge in [-0.1, -0.05) is 31.0 Å². The van der Waals surface area contributed by atoms with Crippen molar-refractivity contribution in [2.45, 2.75) is 45.6 Å². The maximum Gasteiger partial charge on any atom is 0.244 e. The molecule has 1 aromatic carbocycles. The van der Waals surface area contributed by atoms with Crippen LogP contribution in [0, 0.1) is 25.2 Å². The Morgan fingerprint density at radius 3 is 2.56 bits per heavy atom. The number of nitriles is 1. The Balaban J connectivity index is 1.80. The van der Waals surface area contributed by atoms with Crippen LogP contribution in [-0.4, -0.2) is 17.0 Å².